The highest BCUT2D eigenvalue weighted by atomic mass is 35.5. The Bertz CT molecular complexity index is 871. The van der Waals surface area contributed by atoms with Crippen molar-refractivity contribution < 1.29 is 17.6 Å². The van der Waals surface area contributed by atoms with Crippen molar-refractivity contribution in [3.05, 3.63) is 64.9 Å². The largest absolute Gasteiger partial charge is 0.354 e. The lowest BCUT2D eigenvalue weighted by molar-refractivity contribution is -0.121. The first-order valence-electron chi connectivity index (χ1n) is 8.45. The highest BCUT2D eigenvalue weighted by Crippen LogP contribution is 2.21. The van der Waals surface area contributed by atoms with Gasteiger partial charge in [-0.2, -0.15) is 0 Å². The van der Waals surface area contributed by atoms with E-state index < -0.39 is 27.8 Å². The first-order valence-corrected chi connectivity index (χ1v) is 10.7. The molecule has 0 aliphatic heterocycles. The van der Waals surface area contributed by atoms with Gasteiger partial charge < -0.3 is 5.32 Å². The molecule has 1 amide bonds. The van der Waals surface area contributed by atoms with Gasteiger partial charge in [-0.15, -0.1) is 0 Å². The molecule has 1 atom stereocenters. The molecule has 2 aromatic rings. The minimum Gasteiger partial charge on any atom is -0.354 e. The zero-order valence-corrected chi connectivity index (χ0v) is 16.7. The van der Waals surface area contributed by atoms with Gasteiger partial charge in [-0.05, 0) is 61.7 Å². The summed E-state index contributed by atoms with van der Waals surface area (Å²) in [7, 11) is -3.72. The zero-order valence-electron chi connectivity index (χ0n) is 15.2. The number of hydrogen-bond acceptors (Lipinski definition) is 3. The third-order valence-electron chi connectivity index (χ3n) is 4.02. The third-order valence-corrected chi connectivity index (χ3v) is 5.52. The third kappa shape index (κ3) is 6.22. The predicted octanol–water partition coefficient (Wildman–Crippen LogP) is 3.38. The van der Waals surface area contributed by atoms with E-state index in [9.17, 15) is 17.6 Å². The molecule has 0 aromatic heterocycles. The van der Waals surface area contributed by atoms with Gasteiger partial charge in [-0.1, -0.05) is 23.7 Å². The molecule has 0 saturated carbocycles. The summed E-state index contributed by atoms with van der Waals surface area (Å²) in [6, 6.07) is 11.5. The Balaban J connectivity index is 1.96. The van der Waals surface area contributed by atoms with Gasteiger partial charge in [-0.3, -0.25) is 9.10 Å². The van der Waals surface area contributed by atoms with Crippen LogP contribution in [0.15, 0.2) is 48.5 Å². The van der Waals surface area contributed by atoms with Crippen LogP contribution in [0.3, 0.4) is 0 Å². The summed E-state index contributed by atoms with van der Waals surface area (Å²) in [5, 5.41) is 3.42. The number of nitrogens with one attached hydrogen (secondary N) is 1. The molecule has 0 heterocycles. The molecule has 0 aliphatic carbocycles. The molecule has 0 saturated heterocycles. The van der Waals surface area contributed by atoms with Crippen molar-refractivity contribution in [1.29, 1.82) is 0 Å². The standard InChI is InChI=1S/C19H22ClFN2O3S/c1-14(23(27(2,25)26)18-11-9-17(21)10-12-18)19(24)22-13-3-4-15-5-7-16(20)8-6-15/h5-12,14H,3-4,13H2,1-2H3,(H,22,24)/t14-/m0/s1. The van der Waals surface area contributed by atoms with E-state index in [1.54, 1.807) is 0 Å². The van der Waals surface area contributed by atoms with Gasteiger partial charge in [0, 0.05) is 11.6 Å². The minimum atomic E-state index is -3.72. The Labute approximate surface area is 164 Å². The van der Waals surface area contributed by atoms with Gasteiger partial charge >= 0.3 is 0 Å². The number of benzene rings is 2. The maximum Gasteiger partial charge on any atom is 0.243 e. The number of aryl methyl sites for hydroxylation is 1. The number of sulfonamides is 1. The summed E-state index contributed by atoms with van der Waals surface area (Å²) in [6.45, 7) is 1.91. The number of nitrogens with zero attached hydrogens (tertiary/aromatic N) is 1. The molecule has 146 valence electrons. The van der Waals surface area contributed by atoms with Crippen molar-refractivity contribution in [1.82, 2.24) is 5.32 Å². The van der Waals surface area contributed by atoms with E-state index in [1.165, 1.54) is 19.1 Å². The second-order valence-electron chi connectivity index (χ2n) is 6.23. The Morgan fingerprint density at radius 3 is 2.30 bits per heavy atom. The van der Waals surface area contributed by atoms with Crippen LogP contribution in [-0.4, -0.2) is 33.2 Å². The minimum absolute atomic E-state index is 0.239. The molecule has 0 bridgehead atoms. The molecule has 5 nitrogen and oxygen atoms in total. The molecule has 0 spiro atoms. The molecule has 2 aromatic carbocycles. The van der Waals surface area contributed by atoms with E-state index in [4.69, 9.17) is 11.6 Å². The maximum atomic E-state index is 13.1. The Morgan fingerprint density at radius 2 is 1.74 bits per heavy atom. The second-order valence-corrected chi connectivity index (χ2v) is 8.53. The molecule has 0 radical (unpaired) electrons. The van der Waals surface area contributed by atoms with Crippen molar-refractivity contribution in [3.8, 4) is 0 Å². The summed E-state index contributed by atoms with van der Waals surface area (Å²) in [4.78, 5) is 12.4. The average Bonchev–Trinajstić information content (AvgIpc) is 2.60. The second kappa shape index (κ2) is 9.19. The highest BCUT2D eigenvalue weighted by molar-refractivity contribution is 7.92. The van der Waals surface area contributed by atoms with Crippen molar-refractivity contribution in [2.45, 2.75) is 25.8 Å². The molecule has 0 unspecified atom stereocenters. The maximum absolute atomic E-state index is 13.1. The van der Waals surface area contributed by atoms with Crippen LogP contribution in [0.2, 0.25) is 5.02 Å². The number of rotatable bonds is 8. The summed E-state index contributed by atoms with van der Waals surface area (Å²) in [6.07, 6.45) is 2.48. The Hall–Kier alpha value is -2.12. The van der Waals surface area contributed by atoms with E-state index >= 15 is 0 Å². The summed E-state index contributed by atoms with van der Waals surface area (Å²) < 4.78 is 38.4. The van der Waals surface area contributed by atoms with Crippen LogP contribution in [0.1, 0.15) is 18.9 Å². The van der Waals surface area contributed by atoms with E-state index in [0.29, 0.717) is 18.0 Å². The number of carbonyl (C=O) groups is 1. The van der Waals surface area contributed by atoms with Crippen molar-refractivity contribution in [2.24, 2.45) is 0 Å². The van der Waals surface area contributed by atoms with Crippen LogP contribution in [0.4, 0.5) is 10.1 Å². The smallest absolute Gasteiger partial charge is 0.243 e. The summed E-state index contributed by atoms with van der Waals surface area (Å²) >= 11 is 5.84. The summed E-state index contributed by atoms with van der Waals surface area (Å²) in [5.74, 6) is -0.896. The number of carbonyl (C=O) groups excluding carboxylic acids is 1. The highest BCUT2D eigenvalue weighted by Gasteiger charge is 2.28. The van der Waals surface area contributed by atoms with E-state index in [2.05, 4.69) is 5.32 Å². The van der Waals surface area contributed by atoms with E-state index in [-0.39, 0.29) is 5.69 Å². The van der Waals surface area contributed by atoms with Crippen LogP contribution in [0, 0.1) is 5.82 Å². The average molecular weight is 413 g/mol. The van der Waals surface area contributed by atoms with Crippen LogP contribution in [-0.2, 0) is 21.2 Å². The molecular formula is C19H22ClFN2O3S. The predicted molar refractivity (Wildman–Crippen MR) is 106 cm³/mol. The fraction of sp³-hybridized carbons (Fsp3) is 0.316. The normalized spacial score (nSPS) is 12.4. The fourth-order valence-electron chi connectivity index (χ4n) is 2.70. The van der Waals surface area contributed by atoms with Gasteiger partial charge in [-0.25, -0.2) is 12.8 Å². The summed E-state index contributed by atoms with van der Waals surface area (Å²) in [5.41, 5.74) is 1.34. The van der Waals surface area contributed by atoms with Crippen molar-refractivity contribution in [3.63, 3.8) is 0 Å². The van der Waals surface area contributed by atoms with Crippen molar-refractivity contribution >= 4 is 33.2 Å². The molecule has 2 rings (SSSR count). The van der Waals surface area contributed by atoms with Crippen LogP contribution >= 0.6 is 11.6 Å². The number of amides is 1. The van der Waals surface area contributed by atoms with E-state index in [1.807, 2.05) is 24.3 Å². The van der Waals surface area contributed by atoms with E-state index in [0.717, 1.165) is 34.7 Å². The number of halogens is 2. The topological polar surface area (TPSA) is 66.5 Å². The zero-order chi connectivity index (χ0) is 20.0. The quantitative estimate of drug-likeness (QED) is 0.676. The fourth-order valence-corrected chi connectivity index (χ4v) is 4.00. The van der Waals surface area contributed by atoms with Gasteiger partial charge in [0.15, 0.2) is 0 Å². The molecular weight excluding hydrogens is 391 g/mol. The van der Waals surface area contributed by atoms with Crippen LogP contribution < -0.4 is 9.62 Å². The molecule has 0 aliphatic rings. The molecule has 0 fully saturated rings. The molecule has 27 heavy (non-hydrogen) atoms. The SMILES string of the molecule is C[C@@H](C(=O)NCCCc1ccc(Cl)cc1)N(c1ccc(F)cc1)S(C)(=O)=O. The first kappa shape index (κ1) is 21.2. The van der Waals surface area contributed by atoms with Crippen LogP contribution in [0.25, 0.3) is 0 Å². The van der Waals surface area contributed by atoms with Gasteiger partial charge in [0.2, 0.25) is 15.9 Å². The van der Waals surface area contributed by atoms with Crippen molar-refractivity contribution in [2.75, 3.05) is 17.1 Å². The van der Waals surface area contributed by atoms with Gasteiger partial charge in [0.1, 0.15) is 11.9 Å². The van der Waals surface area contributed by atoms with Gasteiger partial charge in [0.05, 0.1) is 11.9 Å². The number of hydrogen-bond donors (Lipinski definition) is 1. The monoisotopic (exact) mass is 412 g/mol. The van der Waals surface area contributed by atoms with Gasteiger partial charge in [0.25, 0.3) is 0 Å². The van der Waals surface area contributed by atoms with Crippen LogP contribution in [0.5, 0.6) is 0 Å². The lowest BCUT2D eigenvalue weighted by Gasteiger charge is -2.28. The Kier molecular flexibility index (Phi) is 7.21. The number of anilines is 1. The lowest BCUT2D eigenvalue weighted by atomic mass is 10.1. The molecule has 8 heteroatoms. The molecule has 1 N–H and O–H groups in total. The first-order chi connectivity index (χ1) is 12.7. The Morgan fingerprint density at radius 1 is 1.15 bits per heavy atom. The lowest BCUT2D eigenvalue weighted by Crippen LogP contribution is -2.48.